The van der Waals surface area contributed by atoms with Gasteiger partial charge in [-0.1, -0.05) is 12.2 Å². The molecule has 4 rings (SSSR count). The normalized spacial score (nSPS) is 32.6. The predicted molar refractivity (Wildman–Crippen MR) is 133 cm³/mol. The molecule has 0 aromatic heterocycles. The summed E-state index contributed by atoms with van der Waals surface area (Å²) < 4.78 is 0. The minimum absolute atomic E-state index is 0. The number of carbonyl (C=O) groups is 2. The number of nitrogens with zero attached hydrogens (tertiary/aromatic N) is 3. The second-order valence-electron chi connectivity index (χ2n) is 9.57. The van der Waals surface area contributed by atoms with Crippen molar-refractivity contribution in [1.29, 1.82) is 0 Å². The van der Waals surface area contributed by atoms with Crippen LogP contribution >= 0.6 is 24.0 Å². The molecule has 2 bridgehead atoms. The topological polar surface area (TPSA) is 77.0 Å². The van der Waals surface area contributed by atoms with E-state index in [0.717, 1.165) is 32.0 Å². The van der Waals surface area contributed by atoms with Gasteiger partial charge in [-0.05, 0) is 64.3 Å². The van der Waals surface area contributed by atoms with E-state index < -0.39 is 0 Å². The van der Waals surface area contributed by atoms with Gasteiger partial charge in [0.15, 0.2) is 5.96 Å². The average Bonchev–Trinajstić information content (AvgIpc) is 3.42. The van der Waals surface area contributed by atoms with Gasteiger partial charge in [-0.2, -0.15) is 0 Å². The van der Waals surface area contributed by atoms with E-state index in [9.17, 15) is 9.59 Å². The van der Waals surface area contributed by atoms with Crippen molar-refractivity contribution in [2.45, 2.75) is 46.1 Å². The Labute approximate surface area is 203 Å². The maximum Gasteiger partial charge on any atom is 0.233 e. The molecule has 31 heavy (non-hydrogen) atoms. The van der Waals surface area contributed by atoms with E-state index in [-0.39, 0.29) is 59.5 Å². The highest BCUT2D eigenvalue weighted by atomic mass is 127. The van der Waals surface area contributed by atoms with Gasteiger partial charge in [-0.15, -0.1) is 24.0 Å². The zero-order valence-corrected chi connectivity index (χ0v) is 21.4. The number of carbonyl (C=O) groups excluding carboxylic acids is 2. The highest BCUT2D eigenvalue weighted by molar-refractivity contribution is 14.0. The molecule has 1 saturated carbocycles. The fourth-order valence-corrected chi connectivity index (χ4v) is 5.75. The van der Waals surface area contributed by atoms with Crippen LogP contribution in [0.15, 0.2) is 17.1 Å². The molecule has 2 aliphatic carbocycles. The monoisotopic (exact) mass is 543 g/mol. The molecule has 0 spiro atoms. The molecule has 2 N–H and O–H groups in total. The summed E-state index contributed by atoms with van der Waals surface area (Å²) in [5.74, 6) is 1.75. The molecule has 4 aliphatic rings. The molecule has 7 nitrogen and oxygen atoms in total. The number of guanidine groups is 1. The van der Waals surface area contributed by atoms with E-state index in [2.05, 4.69) is 48.5 Å². The highest BCUT2D eigenvalue weighted by Gasteiger charge is 2.58. The minimum Gasteiger partial charge on any atom is -0.357 e. The lowest BCUT2D eigenvalue weighted by Crippen LogP contribution is -2.44. The van der Waals surface area contributed by atoms with Crippen LogP contribution < -0.4 is 10.6 Å². The largest absolute Gasteiger partial charge is 0.357 e. The summed E-state index contributed by atoms with van der Waals surface area (Å²) in [6.45, 7) is 11.4. The maximum absolute atomic E-state index is 12.8. The summed E-state index contributed by atoms with van der Waals surface area (Å²) in [7, 11) is 0. The third kappa shape index (κ3) is 5.10. The van der Waals surface area contributed by atoms with Crippen molar-refractivity contribution < 1.29 is 9.59 Å². The molecule has 5 unspecified atom stereocenters. The van der Waals surface area contributed by atoms with Crippen molar-refractivity contribution in [3.63, 3.8) is 0 Å². The fraction of sp³-hybridized carbons (Fsp3) is 0.783. The minimum atomic E-state index is -0.107. The van der Waals surface area contributed by atoms with Gasteiger partial charge in [-0.25, -0.2) is 0 Å². The number of halogens is 1. The second-order valence-corrected chi connectivity index (χ2v) is 9.57. The number of imide groups is 1. The van der Waals surface area contributed by atoms with E-state index in [1.54, 1.807) is 0 Å². The zero-order valence-electron chi connectivity index (χ0n) is 19.0. The van der Waals surface area contributed by atoms with Crippen molar-refractivity contribution in [2.75, 3.05) is 39.3 Å². The van der Waals surface area contributed by atoms with E-state index in [0.29, 0.717) is 25.0 Å². The number of allylic oxidation sites excluding steroid dienone is 2. The van der Waals surface area contributed by atoms with Crippen LogP contribution in [0.2, 0.25) is 0 Å². The number of piperidine rings is 1. The number of hydrogen-bond acceptors (Lipinski definition) is 4. The van der Waals surface area contributed by atoms with E-state index in [4.69, 9.17) is 4.99 Å². The molecule has 5 atom stereocenters. The van der Waals surface area contributed by atoms with Crippen LogP contribution in [0, 0.1) is 29.6 Å². The summed E-state index contributed by atoms with van der Waals surface area (Å²) in [4.78, 5) is 34.4. The number of rotatable bonds is 7. The molecule has 2 amide bonds. The van der Waals surface area contributed by atoms with Crippen molar-refractivity contribution in [2.24, 2.45) is 34.6 Å². The van der Waals surface area contributed by atoms with Crippen LogP contribution in [0.25, 0.3) is 0 Å². The standard InChI is InChI=1S/C23H37N5O2.HI/c1-4-24-23(26-13-16-6-5-10-27(14-16)15(2)3)25-9-11-28-21(29)19-17-7-8-18(12-17)20(19)22(28)30;/h7-8,15-20H,4-6,9-14H2,1-3H3,(H2,24,25,26);1H. The number of likely N-dealkylation sites (tertiary alicyclic amines) is 2. The molecule has 0 radical (unpaired) electrons. The molecule has 2 aliphatic heterocycles. The van der Waals surface area contributed by atoms with Gasteiger partial charge in [0, 0.05) is 38.8 Å². The van der Waals surface area contributed by atoms with Crippen LogP contribution in [0.4, 0.5) is 0 Å². The Morgan fingerprint density at radius 1 is 1.16 bits per heavy atom. The first kappa shape index (κ1) is 24.5. The molecular formula is C23H38IN5O2. The molecule has 0 aromatic carbocycles. The smallest absolute Gasteiger partial charge is 0.233 e. The van der Waals surface area contributed by atoms with Crippen molar-refractivity contribution in [1.82, 2.24) is 20.4 Å². The molecular weight excluding hydrogens is 505 g/mol. The third-order valence-corrected chi connectivity index (χ3v) is 7.32. The summed E-state index contributed by atoms with van der Waals surface area (Å²) in [6, 6.07) is 0.587. The van der Waals surface area contributed by atoms with E-state index in [1.807, 2.05) is 0 Å². The Balaban J connectivity index is 0.00000272. The van der Waals surface area contributed by atoms with Crippen LogP contribution in [-0.2, 0) is 9.59 Å². The quantitative estimate of drug-likeness (QED) is 0.169. The van der Waals surface area contributed by atoms with Crippen LogP contribution in [0.5, 0.6) is 0 Å². The van der Waals surface area contributed by atoms with Crippen molar-refractivity contribution in [3.05, 3.63) is 12.2 Å². The number of fused-ring (bicyclic) bond motifs is 5. The molecule has 8 heteroatoms. The van der Waals surface area contributed by atoms with Crippen LogP contribution in [0.3, 0.4) is 0 Å². The van der Waals surface area contributed by atoms with Crippen LogP contribution in [-0.4, -0.2) is 72.9 Å². The Morgan fingerprint density at radius 2 is 1.84 bits per heavy atom. The SMILES string of the molecule is CCNC(=NCC1CCCN(C(C)C)C1)NCCN1C(=O)C2C3C=CC(C3)C2C1=O.I. The first-order valence-corrected chi connectivity index (χ1v) is 11.8. The van der Waals surface area contributed by atoms with Gasteiger partial charge >= 0.3 is 0 Å². The van der Waals surface area contributed by atoms with Gasteiger partial charge < -0.3 is 15.5 Å². The summed E-state index contributed by atoms with van der Waals surface area (Å²) >= 11 is 0. The second kappa shape index (κ2) is 10.6. The number of amides is 2. The first-order chi connectivity index (χ1) is 14.5. The highest BCUT2D eigenvalue weighted by Crippen LogP contribution is 2.52. The molecule has 174 valence electrons. The van der Waals surface area contributed by atoms with Gasteiger partial charge in [-0.3, -0.25) is 19.5 Å². The average molecular weight is 543 g/mol. The Hall–Kier alpha value is -1.16. The molecule has 2 heterocycles. The Morgan fingerprint density at radius 3 is 2.45 bits per heavy atom. The van der Waals surface area contributed by atoms with Crippen molar-refractivity contribution in [3.8, 4) is 0 Å². The summed E-state index contributed by atoms with van der Waals surface area (Å²) in [5.41, 5.74) is 0. The third-order valence-electron chi connectivity index (χ3n) is 7.32. The maximum atomic E-state index is 12.8. The molecule has 2 saturated heterocycles. The lowest BCUT2D eigenvalue weighted by molar-refractivity contribution is -0.140. The molecule has 3 fully saturated rings. The number of nitrogens with one attached hydrogen (secondary N) is 2. The lowest BCUT2D eigenvalue weighted by Gasteiger charge is -2.34. The lowest BCUT2D eigenvalue weighted by atomic mass is 9.85. The Bertz CT molecular complexity index is 695. The van der Waals surface area contributed by atoms with Gasteiger partial charge in [0.1, 0.15) is 0 Å². The first-order valence-electron chi connectivity index (χ1n) is 11.8. The molecule has 0 aromatic rings. The summed E-state index contributed by atoms with van der Waals surface area (Å²) in [6.07, 6.45) is 7.72. The fourth-order valence-electron chi connectivity index (χ4n) is 5.75. The van der Waals surface area contributed by atoms with E-state index in [1.165, 1.54) is 24.3 Å². The van der Waals surface area contributed by atoms with Gasteiger partial charge in [0.2, 0.25) is 11.8 Å². The van der Waals surface area contributed by atoms with Gasteiger partial charge in [0.05, 0.1) is 11.8 Å². The van der Waals surface area contributed by atoms with Gasteiger partial charge in [0.25, 0.3) is 0 Å². The van der Waals surface area contributed by atoms with Crippen LogP contribution in [0.1, 0.15) is 40.0 Å². The zero-order chi connectivity index (χ0) is 21.3. The van der Waals surface area contributed by atoms with E-state index >= 15 is 0 Å². The Kier molecular flexibility index (Phi) is 8.40. The summed E-state index contributed by atoms with van der Waals surface area (Å²) in [5, 5.41) is 6.62. The predicted octanol–water partition coefficient (Wildman–Crippen LogP) is 2.09. The van der Waals surface area contributed by atoms with Crippen molar-refractivity contribution >= 4 is 41.8 Å². The number of hydrogen-bond donors (Lipinski definition) is 2. The number of aliphatic imine (C=N–C) groups is 1.